The third-order valence-corrected chi connectivity index (χ3v) is 3.72. The minimum atomic E-state index is -0.0524. The molecule has 0 saturated heterocycles. The molecule has 1 aromatic rings. The highest BCUT2D eigenvalue weighted by Crippen LogP contribution is 2.20. The number of ether oxygens (including phenoxy) is 1. The summed E-state index contributed by atoms with van der Waals surface area (Å²) < 4.78 is 5.34. The van der Waals surface area contributed by atoms with Crippen molar-refractivity contribution >= 4 is 5.91 Å². The van der Waals surface area contributed by atoms with Crippen LogP contribution in [0.15, 0.2) is 24.3 Å². The van der Waals surface area contributed by atoms with Crippen LogP contribution in [0.25, 0.3) is 0 Å². The molecule has 0 spiro atoms. The van der Waals surface area contributed by atoms with Crippen LogP contribution in [0.1, 0.15) is 32.3 Å². The predicted octanol–water partition coefficient (Wildman–Crippen LogP) is 2.21. The molecular weight excluding hydrogens is 252 g/mol. The molecule has 1 rings (SSSR count). The maximum absolute atomic E-state index is 12.1. The summed E-state index contributed by atoms with van der Waals surface area (Å²) >= 11 is 0. The first kappa shape index (κ1) is 16.5. The summed E-state index contributed by atoms with van der Waals surface area (Å²) in [5.41, 5.74) is 6.96. The van der Waals surface area contributed by atoms with Crippen LogP contribution in [0.2, 0.25) is 0 Å². The van der Waals surface area contributed by atoms with Gasteiger partial charge >= 0.3 is 0 Å². The number of hydrogen-bond acceptors (Lipinski definition) is 3. The van der Waals surface area contributed by atoms with Gasteiger partial charge in [0, 0.05) is 25.6 Å². The van der Waals surface area contributed by atoms with Crippen LogP contribution in [0.4, 0.5) is 0 Å². The van der Waals surface area contributed by atoms with Crippen LogP contribution in [0.5, 0.6) is 5.75 Å². The number of benzene rings is 1. The number of hydrogen-bond donors (Lipinski definition) is 1. The lowest BCUT2D eigenvalue weighted by molar-refractivity contribution is -0.132. The average Bonchev–Trinajstić information content (AvgIpc) is 2.46. The first-order chi connectivity index (χ1) is 9.49. The van der Waals surface area contributed by atoms with E-state index in [2.05, 4.69) is 0 Å². The van der Waals surface area contributed by atoms with Crippen molar-refractivity contribution < 1.29 is 9.53 Å². The fourth-order valence-corrected chi connectivity index (χ4v) is 2.09. The van der Waals surface area contributed by atoms with Gasteiger partial charge in [0.15, 0.2) is 0 Å². The maximum Gasteiger partial charge on any atom is 0.224 e. The molecule has 1 aromatic carbocycles. The van der Waals surface area contributed by atoms with Gasteiger partial charge in [0.1, 0.15) is 5.75 Å². The second-order valence-corrected chi connectivity index (χ2v) is 5.24. The minimum Gasteiger partial charge on any atom is -0.496 e. The van der Waals surface area contributed by atoms with Gasteiger partial charge in [-0.15, -0.1) is 0 Å². The number of rotatable bonds is 7. The smallest absolute Gasteiger partial charge is 0.224 e. The molecule has 0 saturated carbocycles. The molecule has 112 valence electrons. The van der Waals surface area contributed by atoms with Gasteiger partial charge in [-0.3, -0.25) is 4.79 Å². The van der Waals surface area contributed by atoms with E-state index in [0.29, 0.717) is 6.42 Å². The predicted molar refractivity (Wildman–Crippen MR) is 81.8 cm³/mol. The van der Waals surface area contributed by atoms with Gasteiger partial charge in [0.2, 0.25) is 5.91 Å². The highest BCUT2D eigenvalue weighted by Gasteiger charge is 2.19. The Hall–Kier alpha value is -1.55. The number of nitrogens with two attached hydrogens (primary N) is 1. The molecule has 0 radical (unpaired) electrons. The molecule has 2 N–H and O–H groups in total. The summed E-state index contributed by atoms with van der Waals surface area (Å²) in [6.07, 6.45) is 2.00. The molecule has 4 heteroatoms. The lowest BCUT2D eigenvalue weighted by atomic mass is 10.0. The van der Waals surface area contributed by atoms with E-state index in [4.69, 9.17) is 10.5 Å². The van der Waals surface area contributed by atoms with E-state index in [-0.39, 0.29) is 18.0 Å². The normalized spacial score (nSPS) is 13.7. The zero-order chi connectivity index (χ0) is 15.1. The lowest BCUT2D eigenvalue weighted by Gasteiger charge is -2.26. The molecule has 0 heterocycles. The number of carbonyl (C=O) groups is 1. The third-order valence-electron chi connectivity index (χ3n) is 3.72. The van der Waals surface area contributed by atoms with Crippen LogP contribution in [-0.4, -0.2) is 37.0 Å². The molecule has 1 amide bonds. The summed E-state index contributed by atoms with van der Waals surface area (Å²) in [6.45, 7) is 4.04. The average molecular weight is 278 g/mol. The van der Waals surface area contributed by atoms with E-state index < -0.39 is 0 Å². The van der Waals surface area contributed by atoms with Gasteiger partial charge in [0.05, 0.1) is 7.11 Å². The maximum atomic E-state index is 12.1. The van der Waals surface area contributed by atoms with Crippen LogP contribution in [0, 0.1) is 0 Å². The highest BCUT2D eigenvalue weighted by molar-refractivity contribution is 5.76. The van der Waals surface area contributed by atoms with E-state index in [9.17, 15) is 4.79 Å². The van der Waals surface area contributed by atoms with Crippen LogP contribution < -0.4 is 10.5 Å². The summed E-state index contributed by atoms with van der Waals surface area (Å²) in [4.78, 5) is 13.9. The van der Waals surface area contributed by atoms with Crippen molar-refractivity contribution in [1.29, 1.82) is 0 Å². The molecule has 2 atom stereocenters. The fourth-order valence-electron chi connectivity index (χ4n) is 2.09. The van der Waals surface area contributed by atoms with Crippen LogP contribution in [-0.2, 0) is 11.2 Å². The van der Waals surface area contributed by atoms with Crippen molar-refractivity contribution in [2.45, 2.75) is 45.2 Å². The molecule has 0 aliphatic heterocycles. The molecule has 0 bridgehead atoms. The number of nitrogens with zero attached hydrogens (tertiary/aromatic N) is 1. The van der Waals surface area contributed by atoms with Crippen LogP contribution >= 0.6 is 0 Å². The Morgan fingerprint density at radius 2 is 2.05 bits per heavy atom. The number of amides is 1. The van der Waals surface area contributed by atoms with Gasteiger partial charge in [-0.25, -0.2) is 0 Å². The van der Waals surface area contributed by atoms with Crippen molar-refractivity contribution in [3.8, 4) is 5.75 Å². The third kappa shape index (κ3) is 4.53. The topological polar surface area (TPSA) is 55.6 Å². The summed E-state index contributed by atoms with van der Waals surface area (Å²) in [5, 5.41) is 0. The molecule has 0 aliphatic rings. The van der Waals surface area contributed by atoms with E-state index in [1.54, 1.807) is 12.0 Å². The molecule has 20 heavy (non-hydrogen) atoms. The van der Waals surface area contributed by atoms with Crippen molar-refractivity contribution in [3.63, 3.8) is 0 Å². The summed E-state index contributed by atoms with van der Waals surface area (Å²) in [6, 6.07) is 7.97. The first-order valence-electron chi connectivity index (χ1n) is 7.12. The summed E-state index contributed by atoms with van der Waals surface area (Å²) in [7, 11) is 3.50. The van der Waals surface area contributed by atoms with Crippen molar-refractivity contribution in [2.75, 3.05) is 14.2 Å². The minimum absolute atomic E-state index is 0.0524. The van der Waals surface area contributed by atoms with Gasteiger partial charge in [-0.2, -0.15) is 0 Å². The number of carbonyl (C=O) groups excluding carboxylic acids is 1. The standard InChI is InChI=1S/C16H26N2O2/c1-5-14(17)11-16(19)18(3)12(2)10-13-8-6-7-9-15(13)20-4/h6-9,12,14H,5,10-11,17H2,1-4H3. The van der Waals surface area contributed by atoms with Crippen molar-refractivity contribution in [3.05, 3.63) is 29.8 Å². The van der Waals surface area contributed by atoms with E-state index in [1.807, 2.05) is 45.2 Å². The van der Waals surface area contributed by atoms with Crippen molar-refractivity contribution in [2.24, 2.45) is 5.73 Å². The fraction of sp³-hybridized carbons (Fsp3) is 0.562. The molecule has 0 aliphatic carbocycles. The Kier molecular flexibility index (Phi) is 6.52. The molecular formula is C16H26N2O2. The Balaban J connectivity index is 2.65. The van der Waals surface area contributed by atoms with Crippen LogP contribution in [0.3, 0.4) is 0 Å². The molecule has 4 nitrogen and oxygen atoms in total. The van der Waals surface area contributed by atoms with Gasteiger partial charge in [-0.1, -0.05) is 25.1 Å². The second-order valence-electron chi connectivity index (χ2n) is 5.24. The first-order valence-corrected chi connectivity index (χ1v) is 7.12. The quantitative estimate of drug-likeness (QED) is 0.832. The Labute approximate surface area is 121 Å². The number of methoxy groups -OCH3 is 1. The van der Waals surface area contributed by atoms with E-state index >= 15 is 0 Å². The van der Waals surface area contributed by atoms with E-state index in [0.717, 1.165) is 24.2 Å². The monoisotopic (exact) mass is 278 g/mol. The number of para-hydroxylation sites is 1. The Bertz CT molecular complexity index is 434. The zero-order valence-electron chi connectivity index (χ0n) is 12.9. The van der Waals surface area contributed by atoms with Crippen molar-refractivity contribution in [1.82, 2.24) is 4.90 Å². The largest absolute Gasteiger partial charge is 0.496 e. The number of likely N-dealkylation sites (N-methyl/N-ethyl adjacent to an activating group) is 1. The van der Waals surface area contributed by atoms with Gasteiger partial charge < -0.3 is 15.4 Å². The summed E-state index contributed by atoms with van der Waals surface area (Å²) in [5.74, 6) is 0.965. The Morgan fingerprint density at radius 3 is 2.65 bits per heavy atom. The molecule has 0 fully saturated rings. The molecule has 2 unspecified atom stereocenters. The second kappa shape index (κ2) is 7.90. The zero-order valence-corrected chi connectivity index (χ0v) is 12.9. The van der Waals surface area contributed by atoms with Gasteiger partial charge in [0.25, 0.3) is 0 Å². The SMILES string of the molecule is CCC(N)CC(=O)N(C)C(C)Cc1ccccc1OC. The Morgan fingerprint density at radius 1 is 1.40 bits per heavy atom. The van der Waals surface area contributed by atoms with E-state index in [1.165, 1.54) is 0 Å². The van der Waals surface area contributed by atoms with Gasteiger partial charge in [-0.05, 0) is 31.4 Å². The molecule has 0 aromatic heterocycles. The lowest BCUT2D eigenvalue weighted by Crippen LogP contribution is -2.39. The highest BCUT2D eigenvalue weighted by atomic mass is 16.5.